The summed E-state index contributed by atoms with van der Waals surface area (Å²) in [4.78, 5) is 16.7. The molecule has 1 unspecified atom stereocenters. The minimum Gasteiger partial charge on any atom is -0.493 e. The molecule has 5 nitrogen and oxygen atoms in total. The quantitative estimate of drug-likeness (QED) is 0.877. The summed E-state index contributed by atoms with van der Waals surface area (Å²) in [5, 5.41) is 12.9. The Kier molecular flexibility index (Phi) is 4.40. The highest BCUT2D eigenvalue weighted by atomic mass is 16.5. The van der Waals surface area contributed by atoms with E-state index >= 15 is 0 Å². The molecule has 4 rings (SSSR count). The number of fused-ring (bicyclic) bond motifs is 1. The van der Waals surface area contributed by atoms with Gasteiger partial charge in [0.25, 0.3) is 0 Å². The molecule has 0 spiro atoms. The van der Waals surface area contributed by atoms with E-state index in [0.29, 0.717) is 0 Å². The maximum Gasteiger partial charge on any atom is 0.226 e. The van der Waals surface area contributed by atoms with Gasteiger partial charge in [-0.05, 0) is 54.2 Å². The van der Waals surface area contributed by atoms with Crippen LogP contribution in [0.25, 0.3) is 0 Å². The van der Waals surface area contributed by atoms with Gasteiger partial charge < -0.3 is 15.2 Å². The molecule has 2 aliphatic rings. The summed E-state index contributed by atoms with van der Waals surface area (Å²) < 4.78 is 5.58. The first-order chi connectivity index (χ1) is 12.2. The number of hydrogen-bond acceptors (Lipinski definition) is 4. The van der Waals surface area contributed by atoms with Crippen molar-refractivity contribution in [3.63, 3.8) is 0 Å². The first kappa shape index (κ1) is 16.1. The van der Waals surface area contributed by atoms with Crippen molar-refractivity contribution < 1.29 is 14.6 Å². The van der Waals surface area contributed by atoms with Gasteiger partial charge in [-0.1, -0.05) is 12.1 Å². The van der Waals surface area contributed by atoms with Crippen LogP contribution in [0, 0.1) is 5.92 Å². The fourth-order valence-corrected chi connectivity index (χ4v) is 3.67. The van der Waals surface area contributed by atoms with Gasteiger partial charge in [0.2, 0.25) is 5.91 Å². The van der Waals surface area contributed by atoms with Crippen molar-refractivity contribution in [1.29, 1.82) is 0 Å². The highest BCUT2D eigenvalue weighted by Gasteiger charge is 2.36. The Bertz CT molecular complexity index is 757. The van der Waals surface area contributed by atoms with Gasteiger partial charge in [-0.3, -0.25) is 9.78 Å². The van der Waals surface area contributed by atoms with Gasteiger partial charge in [-0.2, -0.15) is 0 Å². The molecule has 1 aromatic carbocycles. The molecule has 130 valence electrons. The van der Waals surface area contributed by atoms with Crippen molar-refractivity contribution >= 4 is 5.91 Å². The second-order valence-corrected chi connectivity index (χ2v) is 6.89. The minimum atomic E-state index is -0.252. The fourth-order valence-electron chi connectivity index (χ4n) is 3.67. The minimum absolute atomic E-state index is 0.0400. The maximum absolute atomic E-state index is 12.5. The largest absolute Gasteiger partial charge is 0.493 e. The number of aromatic nitrogens is 1. The number of aliphatic hydroxyl groups excluding tert-OH is 1. The first-order valence-corrected chi connectivity index (χ1v) is 8.82. The number of pyridine rings is 1. The Morgan fingerprint density at radius 3 is 2.96 bits per heavy atom. The molecule has 0 saturated heterocycles. The lowest BCUT2D eigenvalue weighted by atomic mass is 9.74. The van der Waals surface area contributed by atoms with Crippen LogP contribution in [0.5, 0.6) is 5.75 Å². The van der Waals surface area contributed by atoms with E-state index in [-0.39, 0.29) is 30.4 Å². The van der Waals surface area contributed by atoms with Gasteiger partial charge >= 0.3 is 0 Å². The highest BCUT2D eigenvalue weighted by Crippen LogP contribution is 2.39. The number of nitrogens with zero attached hydrogens (tertiary/aromatic N) is 1. The number of carbonyl (C=O) groups excluding carboxylic acids is 1. The third kappa shape index (κ3) is 3.51. The van der Waals surface area contributed by atoms with E-state index in [1.54, 1.807) is 6.20 Å². The zero-order valence-electron chi connectivity index (χ0n) is 14.0. The van der Waals surface area contributed by atoms with E-state index in [1.807, 2.05) is 30.3 Å². The summed E-state index contributed by atoms with van der Waals surface area (Å²) >= 11 is 0. The molecule has 2 aromatic rings. The highest BCUT2D eigenvalue weighted by molar-refractivity contribution is 5.78. The molecular weight excluding hydrogens is 316 g/mol. The summed E-state index contributed by atoms with van der Waals surface area (Å²) in [6.07, 6.45) is 4.07. The lowest BCUT2D eigenvalue weighted by Gasteiger charge is -2.38. The van der Waals surface area contributed by atoms with Crippen LogP contribution in [-0.2, 0) is 17.6 Å². The van der Waals surface area contributed by atoms with E-state index in [9.17, 15) is 9.90 Å². The second-order valence-electron chi connectivity index (χ2n) is 6.89. The number of nitrogens with one attached hydrogen (secondary N) is 1. The number of carbonyl (C=O) groups is 1. The van der Waals surface area contributed by atoms with Gasteiger partial charge in [-0.25, -0.2) is 0 Å². The van der Waals surface area contributed by atoms with Crippen LogP contribution in [0.1, 0.15) is 35.7 Å². The zero-order chi connectivity index (χ0) is 17.2. The Balaban J connectivity index is 1.51. The Morgan fingerprint density at radius 2 is 2.20 bits per heavy atom. The molecule has 0 radical (unpaired) electrons. The predicted octanol–water partition coefficient (Wildman–Crippen LogP) is 2.19. The lowest BCUT2D eigenvalue weighted by Crippen LogP contribution is -2.42. The number of aliphatic hydroxyl groups is 1. The van der Waals surface area contributed by atoms with Gasteiger partial charge in [0.15, 0.2) is 0 Å². The molecule has 1 atom stereocenters. The lowest BCUT2D eigenvalue weighted by molar-refractivity contribution is -0.122. The average molecular weight is 338 g/mol. The summed E-state index contributed by atoms with van der Waals surface area (Å²) in [5.41, 5.74) is 3.05. The topological polar surface area (TPSA) is 71.5 Å². The van der Waals surface area contributed by atoms with Gasteiger partial charge in [0.1, 0.15) is 5.75 Å². The SMILES string of the molecule is O=C(Cc1ccccn1)NC(c1ccc2c(c1)CCO2)C1CC(O)C1. The van der Waals surface area contributed by atoms with E-state index in [1.165, 1.54) is 5.56 Å². The maximum atomic E-state index is 12.5. The van der Waals surface area contributed by atoms with Crippen molar-refractivity contribution in [2.45, 2.75) is 37.8 Å². The predicted molar refractivity (Wildman–Crippen MR) is 93.2 cm³/mol. The van der Waals surface area contributed by atoms with Crippen LogP contribution in [-0.4, -0.2) is 28.7 Å². The standard InChI is InChI=1S/C20H22N2O3/c23-17-10-15(11-17)20(14-4-5-18-13(9-14)6-8-25-18)22-19(24)12-16-3-1-2-7-21-16/h1-5,7,9,15,17,20,23H,6,8,10-12H2,(H,22,24). The number of benzene rings is 1. The number of hydrogen-bond donors (Lipinski definition) is 2. The van der Waals surface area contributed by atoms with E-state index < -0.39 is 0 Å². The monoisotopic (exact) mass is 338 g/mol. The zero-order valence-corrected chi connectivity index (χ0v) is 14.0. The molecule has 1 saturated carbocycles. The van der Waals surface area contributed by atoms with Crippen LogP contribution >= 0.6 is 0 Å². The van der Waals surface area contributed by atoms with Crippen LogP contribution < -0.4 is 10.1 Å². The summed E-state index contributed by atoms with van der Waals surface area (Å²) in [6, 6.07) is 11.7. The van der Waals surface area contributed by atoms with Gasteiger partial charge in [0, 0.05) is 18.3 Å². The Labute approximate surface area is 147 Å². The molecule has 1 fully saturated rings. The van der Waals surface area contributed by atoms with Crippen molar-refractivity contribution in [1.82, 2.24) is 10.3 Å². The van der Waals surface area contributed by atoms with E-state index in [2.05, 4.69) is 16.4 Å². The molecule has 2 heterocycles. The van der Waals surface area contributed by atoms with Gasteiger partial charge in [-0.15, -0.1) is 0 Å². The van der Waals surface area contributed by atoms with Crippen molar-refractivity contribution in [2.24, 2.45) is 5.92 Å². The van der Waals surface area contributed by atoms with E-state index in [4.69, 9.17) is 4.74 Å². The van der Waals surface area contributed by atoms with Crippen molar-refractivity contribution in [3.8, 4) is 5.75 Å². The fraction of sp³-hybridized carbons (Fsp3) is 0.400. The summed E-state index contributed by atoms with van der Waals surface area (Å²) in [5.74, 6) is 1.17. The summed E-state index contributed by atoms with van der Waals surface area (Å²) in [6.45, 7) is 0.720. The van der Waals surface area contributed by atoms with Crippen LogP contribution in [0.2, 0.25) is 0 Å². The molecule has 0 bridgehead atoms. The molecule has 1 aliphatic heterocycles. The van der Waals surface area contributed by atoms with Crippen LogP contribution in [0.4, 0.5) is 0 Å². The van der Waals surface area contributed by atoms with Crippen LogP contribution in [0.15, 0.2) is 42.6 Å². The smallest absolute Gasteiger partial charge is 0.226 e. The Morgan fingerprint density at radius 1 is 1.32 bits per heavy atom. The third-order valence-electron chi connectivity index (χ3n) is 5.08. The number of rotatable bonds is 5. The number of amides is 1. The normalized spacial score (nSPS) is 22.4. The molecule has 1 aromatic heterocycles. The third-order valence-corrected chi connectivity index (χ3v) is 5.08. The molecule has 5 heteroatoms. The Hall–Kier alpha value is -2.40. The molecular formula is C20H22N2O3. The molecule has 25 heavy (non-hydrogen) atoms. The second kappa shape index (κ2) is 6.84. The average Bonchev–Trinajstić information content (AvgIpc) is 3.06. The molecule has 1 aliphatic carbocycles. The molecule has 1 amide bonds. The van der Waals surface area contributed by atoms with Crippen molar-refractivity contribution in [3.05, 3.63) is 59.4 Å². The number of ether oxygens (including phenoxy) is 1. The molecule has 2 N–H and O–H groups in total. The van der Waals surface area contributed by atoms with E-state index in [0.717, 1.165) is 42.9 Å². The first-order valence-electron chi connectivity index (χ1n) is 8.82. The summed E-state index contributed by atoms with van der Waals surface area (Å²) in [7, 11) is 0. The van der Waals surface area contributed by atoms with Crippen molar-refractivity contribution in [2.75, 3.05) is 6.61 Å². The van der Waals surface area contributed by atoms with Gasteiger partial charge in [0.05, 0.1) is 25.2 Å². The van der Waals surface area contributed by atoms with Crippen LogP contribution in [0.3, 0.4) is 0 Å².